The van der Waals surface area contributed by atoms with Crippen LogP contribution in [0.2, 0.25) is 0 Å². The molecular weight excluding hydrogens is 188 g/mol. The molecule has 0 radical (unpaired) electrons. The number of carbonyl (C=O) groups is 1. The third kappa shape index (κ3) is 3.28. The Hall–Kier alpha value is -0.410. The van der Waals surface area contributed by atoms with Gasteiger partial charge in [-0.2, -0.15) is 0 Å². The van der Waals surface area contributed by atoms with E-state index in [0.717, 1.165) is 6.54 Å². The van der Waals surface area contributed by atoms with Gasteiger partial charge in [-0.15, -0.1) is 0 Å². The number of ketones is 1. The van der Waals surface area contributed by atoms with Crippen LogP contribution >= 0.6 is 0 Å². The monoisotopic (exact) mass is 212 g/mol. The van der Waals surface area contributed by atoms with E-state index in [2.05, 4.69) is 23.8 Å². The summed E-state index contributed by atoms with van der Waals surface area (Å²) < 4.78 is 0. The van der Waals surface area contributed by atoms with E-state index in [1.165, 1.54) is 25.9 Å². The zero-order chi connectivity index (χ0) is 11.4. The minimum absolute atomic E-state index is 0.0724. The first kappa shape index (κ1) is 12.7. The molecule has 0 saturated carbocycles. The number of hydrogen-bond acceptors (Lipinski definition) is 3. The van der Waals surface area contributed by atoms with Gasteiger partial charge in [0.1, 0.15) is 5.78 Å². The highest BCUT2D eigenvalue weighted by Gasteiger charge is 2.25. The van der Waals surface area contributed by atoms with E-state index in [-0.39, 0.29) is 11.8 Å². The van der Waals surface area contributed by atoms with Gasteiger partial charge >= 0.3 is 0 Å². The maximum Gasteiger partial charge on any atom is 0.146 e. The van der Waals surface area contributed by atoms with Crippen LogP contribution in [0.3, 0.4) is 0 Å². The highest BCUT2D eigenvalue weighted by Crippen LogP contribution is 2.17. The molecule has 1 rings (SSSR count). The van der Waals surface area contributed by atoms with Crippen LogP contribution in [0.15, 0.2) is 0 Å². The van der Waals surface area contributed by atoms with Gasteiger partial charge in [-0.3, -0.25) is 9.69 Å². The highest BCUT2D eigenvalue weighted by atomic mass is 16.1. The van der Waals surface area contributed by atoms with Crippen molar-refractivity contribution in [1.29, 1.82) is 0 Å². The Morgan fingerprint density at radius 1 is 1.47 bits per heavy atom. The molecule has 1 unspecified atom stereocenters. The molecule has 1 fully saturated rings. The van der Waals surface area contributed by atoms with Crippen molar-refractivity contribution in [1.82, 2.24) is 9.80 Å². The Balaban J connectivity index is 2.42. The van der Waals surface area contributed by atoms with Crippen molar-refractivity contribution in [3.8, 4) is 0 Å². The predicted octanol–water partition coefficient (Wildman–Crippen LogP) is 1.38. The number of nitrogens with zero attached hydrogens (tertiary/aromatic N) is 2. The minimum Gasteiger partial charge on any atom is -0.303 e. The molecule has 88 valence electrons. The smallest absolute Gasteiger partial charge is 0.146 e. The van der Waals surface area contributed by atoms with E-state index in [1.54, 1.807) is 6.92 Å². The maximum atomic E-state index is 11.3. The summed E-state index contributed by atoms with van der Waals surface area (Å²) in [6.07, 6.45) is 2.39. The Labute approximate surface area is 93.4 Å². The van der Waals surface area contributed by atoms with Gasteiger partial charge in [0.2, 0.25) is 0 Å². The molecule has 1 aliphatic heterocycles. The Morgan fingerprint density at radius 2 is 2.00 bits per heavy atom. The lowest BCUT2D eigenvalue weighted by molar-refractivity contribution is -0.122. The number of likely N-dealkylation sites (N-methyl/N-ethyl adjacent to an activating group) is 1. The van der Waals surface area contributed by atoms with Gasteiger partial charge in [0.25, 0.3) is 0 Å². The molecule has 0 aliphatic carbocycles. The largest absolute Gasteiger partial charge is 0.303 e. The molecule has 0 aromatic rings. The molecule has 0 bridgehead atoms. The van der Waals surface area contributed by atoms with Gasteiger partial charge < -0.3 is 4.90 Å². The molecule has 0 amide bonds. The van der Waals surface area contributed by atoms with E-state index in [1.807, 2.05) is 6.92 Å². The zero-order valence-electron chi connectivity index (χ0n) is 10.5. The Morgan fingerprint density at radius 3 is 2.40 bits per heavy atom. The fraction of sp³-hybridized carbons (Fsp3) is 0.917. The van der Waals surface area contributed by atoms with Gasteiger partial charge in [-0.25, -0.2) is 0 Å². The first-order valence-corrected chi connectivity index (χ1v) is 6.01. The standard InChI is InChI=1S/C12H24N2O/c1-5-14-8-6-12(7-9-14)13(4)10(2)11(3)15/h10,12H,5-9H2,1-4H3. The second-order valence-electron chi connectivity index (χ2n) is 4.62. The summed E-state index contributed by atoms with van der Waals surface area (Å²) in [6.45, 7) is 9.41. The van der Waals surface area contributed by atoms with Gasteiger partial charge in [0.15, 0.2) is 0 Å². The van der Waals surface area contributed by atoms with Crippen LogP contribution in [0.5, 0.6) is 0 Å². The van der Waals surface area contributed by atoms with Crippen molar-refractivity contribution in [2.75, 3.05) is 26.7 Å². The van der Waals surface area contributed by atoms with Crippen LogP contribution in [-0.4, -0.2) is 54.3 Å². The fourth-order valence-corrected chi connectivity index (χ4v) is 2.25. The van der Waals surface area contributed by atoms with Crippen LogP contribution in [0.4, 0.5) is 0 Å². The van der Waals surface area contributed by atoms with E-state index in [0.29, 0.717) is 6.04 Å². The zero-order valence-corrected chi connectivity index (χ0v) is 10.5. The molecule has 0 spiro atoms. The molecule has 1 atom stereocenters. The third-order valence-corrected chi connectivity index (χ3v) is 3.78. The second kappa shape index (κ2) is 5.61. The van der Waals surface area contributed by atoms with Crippen LogP contribution in [0.1, 0.15) is 33.6 Å². The van der Waals surface area contributed by atoms with Crippen molar-refractivity contribution < 1.29 is 4.79 Å². The fourth-order valence-electron chi connectivity index (χ4n) is 2.25. The van der Waals surface area contributed by atoms with Crippen molar-refractivity contribution >= 4 is 5.78 Å². The average Bonchev–Trinajstić information content (AvgIpc) is 2.27. The quantitative estimate of drug-likeness (QED) is 0.703. The molecule has 1 aliphatic rings. The lowest BCUT2D eigenvalue weighted by Crippen LogP contribution is -2.48. The molecule has 0 aromatic carbocycles. The summed E-state index contributed by atoms with van der Waals surface area (Å²) >= 11 is 0. The first-order chi connectivity index (χ1) is 7.06. The van der Waals surface area contributed by atoms with Crippen molar-refractivity contribution in [3.05, 3.63) is 0 Å². The molecule has 1 heterocycles. The van der Waals surface area contributed by atoms with E-state index in [9.17, 15) is 4.79 Å². The molecule has 3 nitrogen and oxygen atoms in total. The van der Waals surface area contributed by atoms with Crippen molar-refractivity contribution in [2.24, 2.45) is 0 Å². The number of Topliss-reactive ketones (excluding diaryl/α,β-unsaturated/α-hetero) is 1. The molecule has 15 heavy (non-hydrogen) atoms. The number of hydrogen-bond donors (Lipinski definition) is 0. The minimum atomic E-state index is 0.0724. The van der Waals surface area contributed by atoms with E-state index in [4.69, 9.17) is 0 Å². The topological polar surface area (TPSA) is 23.6 Å². The molecule has 0 N–H and O–H groups in total. The lowest BCUT2D eigenvalue weighted by atomic mass is 10.0. The summed E-state index contributed by atoms with van der Waals surface area (Å²) in [5.74, 6) is 0.274. The molecule has 3 heteroatoms. The second-order valence-corrected chi connectivity index (χ2v) is 4.62. The van der Waals surface area contributed by atoms with Gasteiger partial charge in [-0.05, 0) is 53.4 Å². The summed E-state index contributed by atoms with van der Waals surface area (Å²) in [5, 5.41) is 0. The number of likely N-dealkylation sites (tertiary alicyclic amines) is 1. The highest BCUT2D eigenvalue weighted by molar-refractivity contribution is 5.80. The van der Waals surface area contributed by atoms with Crippen LogP contribution in [-0.2, 0) is 4.79 Å². The number of carbonyl (C=O) groups excluding carboxylic acids is 1. The van der Waals surface area contributed by atoms with Gasteiger partial charge in [0.05, 0.1) is 6.04 Å². The molecule has 1 saturated heterocycles. The summed E-state index contributed by atoms with van der Waals surface area (Å²) in [5.41, 5.74) is 0. The van der Waals surface area contributed by atoms with Gasteiger partial charge in [-0.1, -0.05) is 6.92 Å². The SMILES string of the molecule is CCN1CCC(N(C)C(C)C(C)=O)CC1. The lowest BCUT2D eigenvalue weighted by Gasteiger charge is -2.38. The third-order valence-electron chi connectivity index (χ3n) is 3.78. The van der Waals surface area contributed by atoms with Crippen LogP contribution < -0.4 is 0 Å². The molecule has 0 aromatic heterocycles. The Kier molecular flexibility index (Phi) is 4.74. The molecular formula is C12H24N2O. The summed E-state index contributed by atoms with van der Waals surface area (Å²) in [7, 11) is 2.08. The first-order valence-electron chi connectivity index (χ1n) is 6.01. The number of rotatable bonds is 4. The summed E-state index contributed by atoms with van der Waals surface area (Å²) in [6, 6.07) is 0.662. The van der Waals surface area contributed by atoms with Crippen molar-refractivity contribution in [3.63, 3.8) is 0 Å². The summed E-state index contributed by atoms with van der Waals surface area (Å²) in [4.78, 5) is 16.0. The van der Waals surface area contributed by atoms with Crippen LogP contribution in [0.25, 0.3) is 0 Å². The maximum absolute atomic E-state index is 11.3. The predicted molar refractivity (Wildman–Crippen MR) is 63.0 cm³/mol. The van der Waals surface area contributed by atoms with Gasteiger partial charge in [0, 0.05) is 6.04 Å². The normalized spacial score (nSPS) is 21.9. The Bertz CT molecular complexity index is 210. The average molecular weight is 212 g/mol. The van der Waals surface area contributed by atoms with Crippen molar-refractivity contribution in [2.45, 2.75) is 45.7 Å². The van der Waals surface area contributed by atoms with Crippen LogP contribution in [0, 0.1) is 0 Å². The van der Waals surface area contributed by atoms with E-state index < -0.39 is 0 Å². The van der Waals surface area contributed by atoms with E-state index >= 15 is 0 Å². The number of piperidine rings is 1.